The third kappa shape index (κ3) is 3.45. The first-order chi connectivity index (χ1) is 7.86. The van der Waals surface area contributed by atoms with Crippen molar-refractivity contribution in [3.63, 3.8) is 0 Å². The van der Waals surface area contributed by atoms with E-state index in [2.05, 4.69) is 5.32 Å². The summed E-state index contributed by atoms with van der Waals surface area (Å²) in [6.07, 6.45) is 1.46. The van der Waals surface area contributed by atoms with Gasteiger partial charge in [0.15, 0.2) is 9.84 Å². The van der Waals surface area contributed by atoms with Crippen molar-refractivity contribution in [1.82, 2.24) is 0 Å². The summed E-state index contributed by atoms with van der Waals surface area (Å²) in [5.41, 5.74) is 0.323. The number of nitrogens with one attached hydrogen (secondary N) is 1. The fourth-order valence-electron chi connectivity index (χ4n) is 1.44. The van der Waals surface area contributed by atoms with Crippen LogP contribution in [0.2, 0.25) is 0 Å². The number of para-hydroxylation sites is 1. The number of hydrogen-bond acceptors (Lipinski definition) is 4. The Morgan fingerprint density at radius 1 is 1.41 bits per heavy atom. The molecule has 0 spiro atoms. The number of rotatable bonds is 5. The molecule has 0 fully saturated rings. The lowest BCUT2D eigenvalue weighted by Crippen LogP contribution is -2.28. The van der Waals surface area contributed by atoms with Gasteiger partial charge in [0.1, 0.15) is 6.04 Å². The molecular weight excluding hydrogens is 242 g/mol. The minimum absolute atomic E-state index is 0.111. The quantitative estimate of drug-likeness (QED) is 0.832. The number of sulfone groups is 1. The van der Waals surface area contributed by atoms with Gasteiger partial charge >= 0.3 is 5.97 Å². The third-order valence-electron chi connectivity index (χ3n) is 2.32. The van der Waals surface area contributed by atoms with E-state index in [0.717, 1.165) is 6.26 Å². The molecule has 5 nitrogen and oxygen atoms in total. The molecule has 0 saturated heterocycles. The molecular formula is C11H15NO4S. The van der Waals surface area contributed by atoms with Crippen molar-refractivity contribution in [3.8, 4) is 0 Å². The number of carboxylic acid groups (broad SMARTS) is 1. The van der Waals surface area contributed by atoms with E-state index in [1.54, 1.807) is 25.1 Å². The van der Waals surface area contributed by atoms with Gasteiger partial charge in [-0.15, -0.1) is 0 Å². The molecule has 0 aliphatic rings. The zero-order valence-electron chi connectivity index (χ0n) is 9.67. The number of anilines is 1. The van der Waals surface area contributed by atoms with Crippen LogP contribution in [0.3, 0.4) is 0 Å². The van der Waals surface area contributed by atoms with Crippen LogP contribution in [-0.2, 0) is 14.6 Å². The van der Waals surface area contributed by atoms with Gasteiger partial charge in [0.25, 0.3) is 0 Å². The average Bonchev–Trinajstić information content (AvgIpc) is 2.24. The van der Waals surface area contributed by atoms with Gasteiger partial charge < -0.3 is 10.4 Å². The Hall–Kier alpha value is -1.56. The van der Waals surface area contributed by atoms with E-state index in [-0.39, 0.29) is 4.90 Å². The third-order valence-corrected chi connectivity index (χ3v) is 3.48. The van der Waals surface area contributed by atoms with Gasteiger partial charge in [0, 0.05) is 6.26 Å². The molecule has 0 bridgehead atoms. The van der Waals surface area contributed by atoms with Gasteiger partial charge in [-0.2, -0.15) is 0 Å². The van der Waals surface area contributed by atoms with Gasteiger partial charge in [-0.05, 0) is 18.6 Å². The smallest absolute Gasteiger partial charge is 0.326 e. The van der Waals surface area contributed by atoms with Crippen LogP contribution in [-0.4, -0.2) is 31.8 Å². The average molecular weight is 257 g/mol. The predicted molar refractivity (Wildman–Crippen MR) is 64.9 cm³/mol. The Morgan fingerprint density at radius 2 is 2.00 bits per heavy atom. The molecule has 17 heavy (non-hydrogen) atoms. The number of carboxylic acids is 1. The summed E-state index contributed by atoms with van der Waals surface area (Å²) in [6.45, 7) is 1.72. The molecule has 1 rings (SSSR count). The molecule has 94 valence electrons. The lowest BCUT2D eigenvalue weighted by atomic mass is 10.2. The Bertz CT molecular complexity index is 510. The lowest BCUT2D eigenvalue weighted by molar-refractivity contribution is -0.137. The number of benzene rings is 1. The number of carbonyl (C=O) groups is 1. The highest BCUT2D eigenvalue weighted by Gasteiger charge is 2.18. The van der Waals surface area contributed by atoms with E-state index in [9.17, 15) is 13.2 Å². The summed E-state index contributed by atoms with van der Waals surface area (Å²) < 4.78 is 23.0. The maximum atomic E-state index is 11.5. The molecule has 0 aromatic heterocycles. The Morgan fingerprint density at radius 3 is 2.47 bits per heavy atom. The van der Waals surface area contributed by atoms with Crippen LogP contribution in [0, 0.1) is 0 Å². The topological polar surface area (TPSA) is 83.5 Å². The van der Waals surface area contributed by atoms with Crippen molar-refractivity contribution in [1.29, 1.82) is 0 Å². The van der Waals surface area contributed by atoms with Crippen LogP contribution in [0.5, 0.6) is 0 Å². The first-order valence-electron chi connectivity index (χ1n) is 5.14. The van der Waals surface area contributed by atoms with Crippen LogP contribution < -0.4 is 5.32 Å². The summed E-state index contributed by atoms with van der Waals surface area (Å²) in [5.74, 6) is -1.00. The molecule has 2 N–H and O–H groups in total. The van der Waals surface area contributed by atoms with Crippen LogP contribution in [0.1, 0.15) is 13.3 Å². The van der Waals surface area contributed by atoms with Crippen molar-refractivity contribution in [2.45, 2.75) is 24.3 Å². The highest BCUT2D eigenvalue weighted by atomic mass is 32.2. The molecule has 0 amide bonds. The molecule has 1 atom stereocenters. The van der Waals surface area contributed by atoms with Crippen molar-refractivity contribution in [2.24, 2.45) is 0 Å². The fourth-order valence-corrected chi connectivity index (χ4v) is 2.29. The van der Waals surface area contributed by atoms with E-state index in [1.807, 2.05) is 0 Å². The van der Waals surface area contributed by atoms with Crippen molar-refractivity contribution in [2.75, 3.05) is 11.6 Å². The van der Waals surface area contributed by atoms with Gasteiger partial charge in [-0.3, -0.25) is 0 Å². The van der Waals surface area contributed by atoms with Crippen LogP contribution in [0.15, 0.2) is 29.2 Å². The maximum absolute atomic E-state index is 11.5. The van der Waals surface area contributed by atoms with E-state index < -0.39 is 21.8 Å². The van der Waals surface area contributed by atoms with Gasteiger partial charge in [-0.25, -0.2) is 13.2 Å². The monoisotopic (exact) mass is 257 g/mol. The lowest BCUT2D eigenvalue weighted by Gasteiger charge is -2.16. The summed E-state index contributed by atoms with van der Waals surface area (Å²) >= 11 is 0. The largest absolute Gasteiger partial charge is 0.480 e. The first-order valence-corrected chi connectivity index (χ1v) is 7.03. The molecule has 6 heteroatoms. The molecule has 0 radical (unpaired) electrons. The molecule has 0 heterocycles. The van der Waals surface area contributed by atoms with Crippen molar-refractivity contribution in [3.05, 3.63) is 24.3 Å². The van der Waals surface area contributed by atoms with Gasteiger partial charge in [0.05, 0.1) is 10.6 Å². The summed E-state index contributed by atoms with van der Waals surface area (Å²) in [4.78, 5) is 11.0. The van der Waals surface area contributed by atoms with E-state index in [0.29, 0.717) is 12.1 Å². The van der Waals surface area contributed by atoms with Gasteiger partial charge in [-0.1, -0.05) is 19.1 Å². The predicted octanol–water partition coefficient (Wildman–Crippen LogP) is 1.37. The molecule has 1 aromatic rings. The molecule has 1 aromatic carbocycles. The number of aliphatic carboxylic acids is 1. The van der Waals surface area contributed by atoms with Crippen molar-refractivity contribution < 1.29 is 18.3 Å². The van der Waals surface area contributed by atoms with Crippen LogP contribution in [0.4, 0.5) is 5.69 Å². The van der Waals surface area contributed by atoms with E-state index >= 15 is 0 Å². The summed E-state index contributed by atoms with van der Waals surface area (Å²) in [7, 11) is -3.37. The van der Waals surface area contributed by atoms with Crippen LogP contribution >= 0.6 is 0 Å². The Labute approximate surface area is 100 Å². The SMILES string of the molecule is CCC(Nc1ccccc1S(C)(=O)=O)C(=O)O. The zero-order chi connectivity index (χ0) is 13.1. The highest BCUT2D eigenvalue weighted by Crippen LogP contribution is 2.21. The Kier molecular flexibility index (Phi) is 4.11. The summed E-state index contributed by atoms with van der Waals surface area (Å²) in [5, 5.41) is 11.6. The second kappa shape index (κ2) is 5.18. The summed E-state index contributed by atoms with van der Waals surface area (Å²) in [6, 6.07) is 5.47. The van der Waals surface area contributed by atoms with Crippen LogP contribution in [0.25, 0.3) is 0 Å². The molecule has 1 unspecified atom stereocenters. The van der Waals surface area contributed by atoms with E-state index in [4.69, 9.17) is 5.11 Å². The molecule has 0 aliphatic heterocycles. The first kappa shape index (κ1) is 13.5. The minimum atomic E-state index is -3.37. The van der Waals surface area contributed by atoms with Gasteiger partial charge in [0.2, 0.25) is 0 Å². The standard InChI is InChI=1S/C11H15NO4S/c1-3-8(11(13)14)12-9-6-4-5-7-10(9)17(2,15)16/h4-8,12H,3H2,1-2H3,(H,13,14). The molecule has 0 saturated carbocycles. The minimum Gasteiger partial charge on any atom is -0.480 e. The highest BCUT2D eigenvalue weighted by molar-refractivity contribution is 7.90. The van der Waals surface area contributed by atoms with E-state index in [1.165, 1.54) is 6.07 Å². The Balaban J connectivity index is 3.11. The fraction of sp³-hybridized carbons (Fsp3) is 0.364. The van der Waals surface area contributed by atoms with Crippen molar-refractivity contribution >= 4 is 21.5 Å². The number of hydrogen-bond donors (Lipinski definition) is 2. The normalized spacial score (nSPS) is 13.1. The molecule has 0 aliphatic carbocycles. The zero-order valence-corrected chi connectivity index (χ0v) is 10.5. The second-order valence-electron chi connectivity index (χ2n) is 3.71. The second-order valence-corrected chi connectivity index (χ2v) is 5.70. The maximum Gasteiger partial charge on any atom is 0.326 e.